The molecule has 0 atom stereocenters. The van der Waals surface area contributed by atoms with Crippen molar-refractivity contribution >= 4 is 44.5 Å². The number of benzene rings is 2. The molecule has 4 aromatic rings. The highest BCUT2D eigenvalue weighted by molar-refractivity contribution is 7.19. The van der Waals surface area contributed by atoms with Gasteiger partial charge in [0.1, 0.15) is 5.75 Å². The van der Waals surface area contributed by atoms with E-state index in [1.54, 1.807) is 19.2 Å². The molecule has 1 amide bonds. The fourth-order valence-electron chi connectivity index (χ4n) is 2.74. The van der Waals surface area contributed by atoms with Gasteiger partial charge < -0.3 is 10.1 Å². The molecule has 0 saturated heterocycles. The smallest absolute Gasteiger partial charge is 0.257 e. The van der Waals surface area contributed by atoms with Crippen LogP contribution in [0.15, 0.2) is 60.0 Å². The number of thiazole rings is 2. The van der Waals surface area contributed by atoms with Crippen molar-refractivity contribution in [1.29, 1.82) is 0 Å². The molecule has 2 heterocycles. The molecule has 0 aliphatic rings. The molecule has 0 saturated carbocycles. The van der Waals surface area contributed by atoms with E-state index < -0.39 is 0 Å². The van der Waals surface area contributed by atoms with E-state index in [9.17, 15) is 4.79 Å². The SMILES string of the molecule is COc1ccccc1Nc1nc(C)c(-c2csc(NC(=O)c3ccccc3)n2)s1. The molecule has 0 aliphatic carbocycles. The lowest BCUT2D eigenvalue weighted by molar-refractivity contribution is 0.102. The Kier molecular flexibility index (Phi) is 5.55. The average Bonchev–Trinajstić information content (AvgIpc) is 3.35. The van der Waals surface area contributed by atoms with Crippen LogP contribution < -0.4 is 15.4 Å². The number of methoxy groups -OCH3 is 1. The molecule has 6 nitrogen and oxygen atoms in total. The van der Waals surface area contributed by atoms with E-state index in [1.807, 2.05) is 54.8 Å². The molecule has 0 aliphatic heterocycles. The Morgan fingerprint density at radius 3 is 2.55 bits per heavy atom. The fourth-order valence-corrected chi connectivity index (χ4v) is 4.46. The van der Waals surface area contributed by atoms with Gasteiger partial charge in [-0.15, -0.1) is 11.3 Å². The minimum Gasteiger partial charge on any atom is -0.495 e. The monoisotopic (exact) mass is 422 g/mol. The van der Waals surface area contributed by atoms with Gasteiger partial charge in [-0.05, 0) is 31.2 Å². The van der Waals surface area contributed by atoms with E-state index in [1.165, 1.54) is 22.7 Å². The lowest BCUT2D eigenvalue weighted by Crippen LogP contribution is -2.11. The summed E-state index contributed by atoms with van der Waals surface area (Å²) in [5.41, 5.74) is 3.12. The van der Waals surface area contributed by atoms with Crippen LogP contribution in [0, 0.1) is 6.92 Å². The van der Waals surface area contributed by atoms with Crippen molar-refractivity contribution in [2.45, 2.75) is 6.92 Å². The average molecular weight is 423 g/mol. The van der Waals surface area contributed by atoms with Gasteiger partial charge >= 0.3 is 0 Å². The molecule has 29 heavy (non-hydrogen) atoms. The van der Waals surface area contributed by atoms with Crippen LogP contribution in [0.25, 0.3) is 10.6 Å². The van der Waals surface area contributed by atoms with Gasteiger partial charge in [-0.25, -0.2) is 9.97 Å². The first-order valence-corrected chi connectivity index (χ1v) is 10.5. The van der Waals surface area contributed by atoms with Gasteiger partial charge in [0.2, 0.25) is 0 Å². The largest absolute Gasteiger partial charge is 0.495 e. The Bertz CT molecular complexity index is 1140. The molecule has 0 fully saturated rings. The number of nitrogens with one attached hydrogen (secondary N) is 2. The summed E-state index contributed by atoms with van der Waals surface area (Å²) < 4.78 is 5.38. The maximum atomic E-state index is 12.3. The Labute approximate surface area is 176 Å². The molecule has 4 rings (SSSR count). The van der Waals surface area contributed by atoms with Gasteiger partial charge in [-0.3, -0.25) is 10.1 Å². The van der Waals surface area contributed by atoms with Gasteiger partial charge in [0.15, 0.2) is 10.3 Å². The van der Waals surface area contributed by atoms with Gasteiger partial charge in [0.05, 0.1) is 29.1 Å². The minimum absolute atomic E-state index is 0.175. The number of ether oxygens (including phenoxy) is 1. The molecular weight excluding hydrogens is 404 g/mol. The maximum Gasteiger partial charge on any atom is 0.257 e. The summed E-state index contributed by atoms with van der Waals surface area (Å²) in [6, 6.07) is 16.8. The predicted octanol–water partition coefficient (Wildman–Crippen LogP) is 5.58. The van der Waals surface area contributed by atoms with Crippen molar-refractivity contribution in [3.05, 3.63) is 71.2 Å². The second kappa shape index (κ2) is 8.42. The summed E-state index contributed by atoms with van der Waals surface area (Å²) in [6.07, 6.45) is 0. The van der Waals surface area contributed by atoms with E-state index in [2.05, 4.69) is 20.6 Å². The number of amides is 1. The van der Waals surface area contributed by atoms with Crippen LogP contribution in [0.5, 0.6) is 5.75 Å². The quantitative estimate of drug-likeness (QED) is 0.424. The summed E-state index contributed by atoms with van der Waals surface area (Å²) in [5, 5.41) is 9.39. The van der Waals surface area contributed by atoms with Crippen molar-refractivity contribution in [2.75, 3.05) is 17.7 Å². The van der Waals surface area contributed by atoms with Crippen LogP contribution in [-0.4, -0.2) is 23.0 Å². The van der Waals surface area contributed by atoms with Crippen LogP contribution >= 0.6 is 22.7 Å². The third-order valence-corrected chi connectivity index (χ3v) is 5.99. The molecule has 0 spiro atoms. The molecule has 0 unspecified atom stereocenters. The van der Waals surface area contributed by atoms with Gasteiger partial charge in [0.25, 0.3) is 5.91 Å². The molecule has 146 valence electrons. The highest BCUT2D eigenvalue weighted by Gasteiger charge is 2.15. The lowest BCUT2D eigenvalue weighted by Gasteiger charge is -2.07. The number of rotatable bonds is 6. The van der Waals surface area contributed by atoms with Crippen molar-refractivity contribution in [2.24, 2.45) is 0 Å². The standard InChI is InChI=1S/C21H18N4O2S2/c1-13-18(29-21(22-13)23-15-10-6-7-11-17(15)27-2)16-12-28-20(24-16)25-19(26)14-8-4-3-5-9-14/h3-12H,1-2H3,(H,22,23)(H,24,25,26). The molecule has 2 aromatic heterocycles. The normalized spacial score (nSPS) is 10.6. The summed E-state index contributed by atoms with van der Waals surface area (Å²) in [5.74, 6) is 0.576. The minimum atomic E-state index is -0.175. The molecule has 0 radical (unpaired) electrons. The van der Waals surface area contributed by atoms with Crippen LogP contribution in [-0.2, 0) is 0 Å². The molecule has 2 aromatic carbocycles. The Morgan fingerprint density at radius 2 is 1.76 bits per heavy atom. The first-order valence-electron chi connectivity index (χ1n) is 8.84. The van der Waals surface area contributed by atoms with E-state index >= 15 is 0 Å². The molecular formula is C21H18N4O2S2. The fraction of sp³-hybridized carbons (Fsp3) is 0.0952. The number of aromatic nitrogens is 2. The number of anilines is 3. The van der Waals surface area contributed by atoms with E-state index in [-0.39, 0.29) is 5.91 Å². The summed E-state index contributed by atoms with van der Waals surface area (Å²) >= 11 is 2.90. The van der Waals surface area contributed by atoms with Crippen LogP contribution in [0.2, 0.25) is 0 Å². The van der Waals surface area contributed by atoms with Gasteiger partial charge in [-0.2, -0.15) is 0 Å². The summed E-state index contributed by atoms with van der Waals surface area (Å²) in [6.45, 7) is 1.95. The van der Waals surface area contributed by atoms with Crippen molar-refractivity contribution in [3.63, 3.8) is 0 Å². The third kappa shape index (κ3) is 4.28. The lowest BCUT2D eigenvalue weighted by atomic mass is 10.2. The zero-order chi connectivity index (χ0) is 20.2. The second-order valence-corrected chi connectivity index (χ2v) is 7.97. The second-order valence-electron chi connectivity index (χ2n) is 6.12. The van der Waals surface area contributed by atoms with Crippen molar-refractivity contribution in [1.82, 2.24) is 9.97 Å². The van der Waals surface area contributed by atoms with Crippen molar-refractivity contribution < 1.29 is 9.53 Å². The Hall–Kier alpha value is -3.23. The number of hydrogen-bond acceptors (Lipinski definition) is 7. The number of nitrogens with zero attached hydrogens (tertiary/aromatic N) is 2. The third-order valence-electron chi connectivity index (χ3n) is 4.14. The Balaban J connectivity index is 1.52. The van der Waals surface area contributed by atoms with Crippen LogP contribution in [0.1, 0.15) is 16.1 Å². The van der Waals surface area contributed by atoms with E-state index in [0.717, 1.165) is 32.8 Å². The van der Waals surface area contributed by atoms with Crippen molar-refractivity contribution in [3.8, 4) is 16.3 Å². The zero-order valence-electron chi connectivity index (χ0n) is 15.8. The highest BCUT2D eigenvalue weighted by Crippen LogP contribution is 2.37. The summed E-state index contributed by atoms with van der Waals surface area (Å²) in [4.78, 5) is 22.4. The first kappa shape index (κ1) is 19.1. The van der Waals surface area contributed by atoms with E-state index in [4.69, 9.17) is 4.74 Å². The zero-order valence-corrected chi connectivity index (χ0v) is 17.4. The first-order chi connectivity index (χ1) is 14.1. The predicted molar refractivity (Wildman–Crippen MR) is 119 cm³/mol. The summed E-state index contributed by atoms with van der Waals surface area (Å²) in [7, 11) is 1.64. The number of carbonyl (C=O) groups excluding carboxylic acids is 1. The molecule has 0 bridgehead atoms. The van der Waals surface area contributed by atoms with Crippen LogP contribution in [0.4, 0.5) is 16.0 Å². The van der Waals surface area contributed by atoms with Crippen LogP contribution in [0.3, 0.4) is 0 Å². The molecule has 2 N–H and O–H groups in total. The Morgan fingerprint density at radius 1 is 1.00 bits per heavy atom. The number of carbonyl (C=O) groups is 1. The highest BCUT2D eigenvalue weighted by atomic mass is 32.1. The maximum absolute atomic E-state index is 12.3. The topological polar surface area (TPSA) is 76.1 Å². The van der Waals surface area contributed by atoms with Gasteiger partial charge in [0, 0.05) is 10.9 Å². The number of hydrogen-bond donors (Lipinski definition) is 2. The molecule has 8 heteroatoms. The number of para-hydroxylation sites is 2. The van der Waals surface area contributed by atoms with Gasteiger partial charge in [-0.1, -0.05) is 41.7 Å². The van der Waals surface area contributed by atoms with E-state index in [0.29, 0.717) is 10.7 Å². The number of aryl methyl sites for hydroxylation is 1.